The Kier molecular flexibility index (Phi) is 7.10. The Balaban J connectivity index is 2.08. The summed E-state index contributed by atoms with van der Waals surface area (Å²) in [4.78, 5) is 12.1. The number of amides is 1. The summed E-state index contributed by atoms with van der Waals surface area (Å²) in [5.74, 6) is -0.426. The molecule has 5 nitrogen and oxygen atoms in total. The zero-order valence-electron chi connectivity index (χ0n) is 14.0. The van der Waals surface area contributed by atoms with E-state index in [1.807, 2.05) is 31.2 Å². The van der Waals surface area contributed by atoms with Gasteiger partial charge in [0.1, 0.15) is 4.90 Å². The summed E-state index contributed by atoms with van der Waals surface area (Å²) in [6, 6.07) is 11.4. The van der Waals surface area contributed by atoms with E-state index < -0.39 is 15.9 Å². The summed E-state index contributed by atoms with van der Waals surface area (Å²) in [5.41, 5.74) is 0.907. The molecule has 0 aliphatic rings. The molecule has 0 saturated heterocycles. The lowest BCUT2D eigenvalue weighted by atomic mass is 10.1. The van der Waals surface area contributed by atoms with Crippen LogP contribution in [-0.2, 0) is 14.8 Å². The van der Waals surface area contributed by atoms with E-state index in [0.29, 0.717) is 0 Å². The highest BCUT2D eigenvalue weighted by Gasteiger charge is 2.26. The van der Waals surface area contributed by atoms with Crippen molar-refractivity contribution in [1.82, 2.24) is 9.62 Å². The molecule has 2 rings (SSSR count). The molecule has 0 bridgehead atoms. The summed E-state index contributed by atoms with van der Waals surface area (Å²) in [6.45, 7) is 1.48. The second-order valence-corrected chi connectivity index (χ2v) is 9.45. The van der Waals surface area contributed by atoms with Crippen molar-refractivity contribution in [1.29, 1.82) is 0 Å². The number of sulfonamides is 1. The van der Waals surface area contributed by atoms with Gasteiger partial charge in [-0.05, 0) is 42.8 Å². The van der Waals surface area contributed by atoms with Gasteiger partial charge < -0.3 is 5.32 Å². The molecule has 1 amide bonds. The van der Waals surface area contributed by atoms with Crippen molar-refractivity contribution in [3.63, 3.8) is 0 Å². The Labute approximate surface area is 171 Å². The molecule has 0 spiro atoms. The smallest absolute Gasteiger partial charge is 0.244 e. The van der Waals surface area contributed by atoms with Crippen LogP contribution in [0.2, 0.25) is 10.0 Å². The van der Waals surface area contributed by atoms with Crippen LogP contribution in [-0.4, -0.2) is 32.2 Å². The number of halogens is 3. The van der Waals surface area contributed by atoms with E-state index in [2.05, 4.69) is 21.2 Å². The summed E-state index contributed by atoms with van der Waals surface area (Å²) in [7, 11) is -2.63. The number of hydrogen-bond acceptors (Lipinski definition) is 3. The highest BCUT2D eigenvalue weighted by molar-refractivity contribution is 9.10. The Hall–Kier alpha value is -1.12. The van der Waals surface area contributed by atoms with Gasteiger partial charge in [-0.1, -0.05) is 51.3 Å². The fraction of sp³-hybridized carbons (Fsp3) is 0.235. The van der Waals surface area contributed by atoms with Gasteiger partial charge in [0.25, 0.3) is 0 Å². The van der Waals surface area contributed by atoms with Gasteiger partial charge in [-0.3, -0.25) is 4.79 Å². The van der Waals surface area contributed by atoms with E-state index in [1.54, 1.807) is 0 Å². The molecule has 0 fully saturated rings. The number of hydrogen-bond donors (Lipinski definition) is 1. The standard InChI is InChI=1S/C17H17BrCl2N2O3S/c1-11(12-3-5-13(18)6-4-12)21-17(23)10-22(2)26(24,25)16-9-14(19)7-8-15(16)20/h3-9,11H,10H2,1-2H3,(H,21,23). The van der Waals surface area contributed by atoms with Gasteiger partial charge in [-0.25, -0.2) is 8.42 Å². The number of carbonyl (C=O) groups excluding carboxylic acids is 1. The van der Waals surface area contributed by atoms with E-state index >= 15 is 0 Å². The van der Waals surface area contributed by atoms with E-state index in [0.717, 1.165) is 14.3 Å². The molecule has 0 aromatic heterocycles. The van der Waals surface area contributed by atoms with Crippen molar-refractivity contribution < 1.29 is 13.2 Å². The first-order valence-corrected chi connectivity index (χ1v) is 10.6. The van der Waals surface area contributed by atoms with Crippen molar-refractivity contribution in [2.45, 2.75) is 17.9 Å². The number of likely N-dealkylation sites (N-methyl/N-ethyl adjacent to an activating group) is 1. The largest absolute Gasteiger partial charge is 0.348 e. The molecule has 9 heteroatoms. The molecule has 0 aliphatic carbocycles. The van der Waals surface area contributed by atoms with Crippen LogP contribution < -0.4 is 5.32 Å². The molecule has 0 radical (unpaired) electrons. The lowest BCUT2D eigenvalue weighted by Crippen LogP contribution is -2.39. The molecule has 0 aliphatic heterocycles. The number of nitrogens with zero attached hydrogens (tertiary/aromatic N) is 1. The van der Waals surface area contributed by atoms with Gasteiger partial charge in [-0.2, -0.15) is 4.31 Å². The molecule has 1 atom stereocenters. The monoisotopic (exact) mass is 478 g/mol. The van der Waals surface area contributed by atoms with E-state index in [1.165, 1.54) is 25.2 Å². The molecule has 0 saturated carbocycles. The van der Waals surface area contributed by atoms with Crippen LogP contribution in [0, 0.1) is 0 Å². The van der Waals surface area contributed by atoms with Crippen LogP contribution in [0.5, 0.6) is 0 Å². The van der Waals surface area contributed by atoms with Gasteiger partial charge in [0.05, 0.1) is 17.6 Å². The third-order valence-corrected chi connectivity index (χ3v) is 6.74. The van der Waals surface area contributed by atoms with Gasteiger partial charge in [0, 0.05) is 16.5 Å². The predicted molar refractivity (Wildman–Crippen MR) is 107 cm³/mol. The van der Waals surface area contributed by atoms with Crippen molar-refractivity contribution in [3.05, 3.63) is 62.5 Å². The average Bonchev–Trinajstić information content (AvgIpc) is 2.57. The van der Waals surface area contributed by atoms with Crippen molar-refractivity contribution in [2.24, 2.45) is 0 Å². The minimum absolute atomic E-state index is 0.0462. The maximum Gasteiger partial charge on any atom is 0.244 e. The second-order valence-electron chi connectivity index (χ2n) is 5.68. The number of benzene rings is 2. The average molecular weight is 480 g/mol. The summed E-state index contributed by atoms with van der Waals surface area (Å²) >= 11 is 15.2. The third kappa shape index (κ3) is 5.20. The van der Waals surface area contributed by atoms with Crippen LogP contribution in [0.15, 0.2) is 51.8 Å². The minimum atomic E-state index is -3.94. The Morgan fingerprint density at radius 1 is 1.19 bits per heavy atom. The lowest BCUT2D eigenvalue weighted by molar-refractivity contribution is -0.121. The predicted octanol–water partition coefficient (Wildman–Crippen LogP) is 4.25. The topological polar surface area (TPSA) is 66.5 Å². The Morgan fingerprint density at radius 3 is 2.42 bits per heavy atom. The molecule has 1 unspecified atom stereocenters. The summed E-state index contributed by atoms with van der Waals surface area (Å²) < 4.78 is 27.1. The normalized spacial score (nSPS) is 12.8. The number of carbonyl (C=O) groups is 1. The molecule has 0 heterocycles. The van der Waals surface area contributed by atoms with E-state index in [4.69, 9.17) is 23.2 Å². The van der Waals surface area contributed by atoms with Crippen LogP contribution in [0.4, 0.5) is 0 Å². The van der Waals surface area contributed by atoms with E-state index in [-0.39, 0.29) is 27.5 Å². The maximum absolute atomic E-state index is 12.6. The molecule has 2 aromatic rings. The maximum atomic E-state index is 12.6. The van der Waals surface area contributed by atoms with Crippen molar-refractivity contribution in [3.8, 4) is 0 Å². The Bertz CT molecular complexity index is 905. The highest BCUT2D eigenvalue weighted by atomic mass is 79.9. The van der Waals surface area contributed by atoms with Gasteiger partial charge in [0.2, 0.25) is 15.9 Å². The van der Waals surface area contributed by atoms with Crippen molar-refractivity contribution in [2.75, 3.05) is 13.6 Å². The molecule has 2 aromatic carbocycles. The fourth-order valence-corrected chi connectivity index (χ4v) is 4.38. The minimum Gasteiger partial charge on any atom is -0.348 e. The molecular weight excluding hydrogens is 463 g/mol. The van der Waals surface area contributed by atoms with E-state index in [9.17, 15) is 13.2 Å². The van der Waals surface area contributed by atoms with Crippen LogP contribution in [0.3, 0.4) is 0 Å². The van der Waals surface area contributed by atoms with Gasteiger partial charge in [0.15, 0.2) is 0 Å². The summed E-state index contributed by atoms with van der Waals surface area (Å²) in [6.07, 6.45) is 0. The Morgan fingerprint density at radius 2 is 1.81 bits per heavy atom. The second kappa shape index (κ2) is 8.71. The number of nitrogens with one attached hydrogen (secondary N) is 1. The van der Waals surface area contributed by atoms with Gasteiger partial charge >= 0.3 is 0 Å². The van der Waals surface area contributed by atoms with Crippen LogP contribution in [0.25, 0.3) is 0 Å². The van der Waals surface area contributed by atoms with Crippen LogP contribution in [0.1, 0.15) is 18.5 Å². The van der Waals surface area contributed by atoms with Crippen molar-refractivity contribution >= 4 is 55.1 Å². The quantitative estimate of drug-likeness (QED) is 0.673. The molecule has 140 valence electrons. The fourth-order valence-electron chi connectivity index (χ4n) is 2.25. The molecule has 1 N–H and O–H groups in total. The SMILES string of the molecule is CC(NC(=O)CN(C)S(=O)(=O)c1cc(Cl)ccc1Cl)c1ccc(Br)cc1. The lowest BCUT2D eigenvalue weighted by Gasteiger charge is -2.20. The van der Waals surface area contributed by atoms with Crippen LogP contribution >= 0.6 is 39.1 Å². The summed E-state index contributed by atoms with van der Waals surface area (Å²) in [5, 5.41) is 3.07. The first kappa shape index (κ1) is 21.2. The highest BCUT2D eigenvalue weighted by Crippen LogP contribution is 2.27. The molecule has 26 heavy (non-hydrogen) atoms. The first-order valence-electron chi connectivity index (χ1n) is 7.57. The third-order valence-electron chi connectivity index (χ3n) is 3.70. The van der Waals surface area contributed by atoms with Gasteiger partial charge in [-0.15, -0.1) is 0 Å². The first-order chi connectivity index (χ1) is 12.1. The number of rotatable bonds is 6. The zero-order chi connectivity index (χ0) is 19.5. The zero-order valence-corrected chi connectivity index (χ0v) is 18.0. The molecular formula is C17H17BrCl2N2O3S.